The molecule has 0 saturated carbocycles. The average Bonchev–Trinajstić information content (AvgIpc) is 3.25. The highest BCUT2D eigenvalue weighted by molar-refractivity contribution is 5.95. The number of benzene rings is 2. The number of nitrogens with zero attached hydrogens (tertiary/aromatic N) is 2. The molecule has 128 valence electrons. The Labute approximate surface area is 150 Å². The van der Waals surface area contributed by atoms with Crippen molar-refractivity contribution in [2.45, 2.75) is 6.42 Å². The fraction of sp³-hybridized carbons (Fsp3) is 0.150. The van der Waals surface area contributed by atoms with Gasteiger partial charge in [-0.1, -0.05) is 12.1 Å². The SMILES string of the molecule is COC(=O)c1cc2c(cc1OC)-c1[nH]nc(-c3ccc(C#N)cc3)c1C2. The molecule has 1 aromatic heterocycles. The van der Waals surface area contributed by atoms with Gasteiger partial charge in [0.05, 0.1) is 37.2 Å². The number of ether oxygens (including phenoxy) is 2. The standard InChI is InChI=1S/C20H15N3O3/c1-25-17-9-14-13(7-15(17)20(24)26-2)8-16-18(22-23-19(14)16)12-5-3-11(10-21)4-6-12/h3-7,9H,8H2,1-2H3,(H,22,23). The number of esters is 1. The van der Waals surface area contributed by atoms with Crippen molar-refractivity contribution < 1.29 is 14.3 Å². The van der Waals surface area contributed by atoms with Crippen LogP contribution in [0.2, 0.25) is 0 Å². The van der Waals surface area contributed by atoms with E-state index in [1.54, 1.807) is 12.1 Å². The summed E-state index contributed by atoms with van der Waals surface area (Å²) in [6.07, 6.45) is 0.657. The van der Waals surface area contributed by atoms with Crippen LogP contribution in [-0.4, -0.2) is 30.4 Å². The number of carbonyl (C=O) groups excluding carboxylic acids is 1. The van der Waals surface area contributed by atoms with Crippen molar-refractivity contribution in [3.8, 4) is 34.3 Å². The van der Waals surface area contributed by atoms with Crippen molar-refractivity contribution in [2.24, 2.45) is 0 Å². The molecular formula is C20H15N3O3. The molecule has 0 atom stereocenters. The first-order valence-electron chi connectivity index (χ1n) is 8.03. The van der Waals surface area contributed by atoms with Crippen molar-refractivity contribution in [3.63, 3.8) is 0 Å². The Bertz CT molecular complexity index is 1060. The number of aromatic amines is 1. The van der Waals surface area contributed by atoms with Gasteiger partial charge in [0.25, 0.3) is 0 Å². The molecule has 1 aliphatic rings. The smallest absolute Gasteiger partial charge is 0.341 e. The van der Waals surface area contributed by atoms with Gasteiger partial charge in [0, 0.05) is 23.1 Å². The van der Waals surface area contributed by atoms with Crippen LogP contribution >= 0.6 is 0 Å². The number of methoxy groups -OCH3 is 2. The third-order valence-electron chi connectivity index (χ3n) is 4.62. The second-order valence-corrected chi connectivity index (χ2v) is 5.99. The van der Waals surface area contributed by atoms with Crippen LogP contribution < -0.4 is 4.74 Å². The molecule has 4 rings (SSSR count). The number of H-pyrrole nitrogens is 1. The van der Waals surface area contributed by atoms with E-state index < -0.39 is 5.97 Å². The number of hydrogen-bond acceptors (Lipinski definition) is 5. The number of fused-ring (bicyclic) bond motifs is 3. The van der Waals surface area contributed by atoms with Crippen LogP contribution in [0.1, 0.15) is 27.0 Å². The lowest BCUT2D eigenvalue weighted by atomic mass is 10.0. The van der Waals surface area contributed by atoms with E-state index >= 15 is 0 Å². The van der Waals surface area contributed by atoms with Gasteiger partial charge in [-0.05, 0) is 29.8 Å². The molecule has 26 heavy (non-hydrogen) atoms. The Morgan fingerprint density at radius 2 is 2.00 bits per heavy atom. The lowest BCUT2D eigenvalue weighted by Crippen LogP contribution is -2.05. The predicted octanol–water partition coefficient (Wildman–Crippen LogP) is 3.31. The maximum absolute atomic E-state index is 12.0. The molecule has 0 saturated heterocycles. The number of nitriles is 1. The number of nitrogens with one attached hydrogen (secondary N) is 1. The average molecular weight is 345 g/mol. The molecule has 6 heteroatoms. The van der Waals surface area contributed by atoms with Gasteiger partial charge in [0.1, 0.15) is 11.3 Å². The molecule has 0 unspecified atom stereocenters. The van der Waals surface area contributed by atoms with Gasteiger partial charge in [-0.3, -0.25) is 5.10 Å². The summed E-state index contributed by atoms with van der Waals surface area (Å²) in [5.74, 6) is 0.0450. The topological polar surface area (TPSA) is 88.0 Å². The Balaban J connectivity index is 1.79. The fourth-order valence-electron chi connectivity index (χ4n) is 3.33. The molecule has 1 aliphatic carbocycles. The van der Waals surface area contributed by atoms with Gasteiger partial charge in [-0.25, -0.2) is 4.79 Å². The van der Waals surface area contributed by atoms with E-state index in [-0.39, 0.29) is 0 Å². The van der Waals surface area contributed by atoms with Crippen LogP contribution in [0, 0.1) is 11.3 Å². The second-order valence-electron chi connectivity index (χ2n) is 5.99. The number of rotatable bonds is 3. The minimum atomic E-state index is -0.425. The van der Waals surface area contributed by atoms with Gasteiger partial charge >= 0.3 is 5.97 Å². The van der Waals surface area contributed by atoms with Crippen LogP contribution in [0.4, 0.5) is 0 Å². The highest BCUT2D eigenvalue weighted by atomic mass is 16.5. The Hall–Kier alpha value is -3.59. The molecule has 6 nitrogen and oxygen atoms in total. The largest absolute Gasteiger partial charge is 0.496 e. The Morgan fingerprint density at radius 1 is 1.23 bits per heavy atom. The number of hydrogen-bond donors (Lipinski definition) is 1. The normalized spacial score (nSPS) is 11.4. The summed E-state index contributed by atoms with van der Waals surface area (Å²) in [6, 6.07) is 13.1. The highest BCUT2D eigenvalue weighted by Crippen LogP contribution is 2.42. The molecule has 1 heterocycles. The van der Waals surface area contributed by atoms with Gasteiger partial charge in [0.15, 0.2) is 0 Å². The summed E-state index contributed by atoms with van der Waals surface area (Å²) in [5, 5.41) is 16.5. The molecule has 3 aromatic rings. The second kappa shape index (κ2) is 6.05. The molecular weight excluding hydrogens is 330 g/mol. The van der Waals surface area contributed by atoms with E-state index in [9.17, 15) is 4.79 Å². The molecule has 1 N–H and O–H groups in total. The van der Waals surface area contributed by atoms with E-state index in [0.29, 0.717) is 23.3 Å². The molecule has 0 amide bonds. The molecule has 0 aliphatic heterocycles. The first-order chi connectivity index (χ1) is 12.7. The van der Waals surface area contributed by atoms with Crippen molar-refractivity contribution in [1.82, 2.24) is 10.2 Å². The molecule has 0 bridgehead atoms. The molecule has 2 aromatic carbocycles. The van der Waals surface area contributed by atoms with Crippen molar-refractivity contribution in [3.05, 3.63) is 58.7 Å². The quantitative estimate of drug-likeness (QED) is 0.576. The van der Waals surface area contributed by atoms with Crippen molar-refractivity contribution in [2.75, 3.05) is 14.2 Å². The molecule has 0 radical (unpaired) electrons. The van der Waals surface area contributed by atoms with Crippen LogP contribution in [0.3, 0.4) is 0 Å². The zero-order valence-electron chi connectivity index (χ0n) is 14.3. The first-order valence-corrected chi connectivity index (χ1v) is 8.03. The van der Waals surface area contributed by atoms with Gasteiger partial charge in [-0.2, -0.15) is 10.4 Å². The summed E-state index contributed by atoms with van der Waals surface area (Å²) >= 11 is 0. The minimum absolute atomic E-state index is 0.409. The van der Waals surface area contributed by atoms with Gasteiger partial charge < -0.3 is 9.47 Å². The van der Waals surface area contributed by atoms with Gasteiger partial charge in [-0.15, -0.1) is 0 Å². The van der Waals surface area contributed by atoms with E-state index in [1.165, 1.54) is 14.2 Å². The summed E-state index contributed by atoms with van der Waals surface area (Å²) in [7, 11) is 2.88. The number of aromatic nitrogens is 2. The Kier molecular flexibility index (Phi) is 3.70. The Morgan fingerprint density at radius 3 is 2.65 bits per heavy atom. The third-order valence-corrected chi connectivity index (χ3v) is 4.62. The summed E-state index contributed by atoms with van der Waals surface area (Å²) in [6.45, 7) is 0. The van der Waals surface area contributed by atoms with Crippen LogP contribution in [0.5, 0.6) is 5.75 Å². The maximum Gasteiger partial charge on any atom is 0.341 e. The zero-order valence-corrected chi connectivity index (χ0v) is 14.3. The zero-order chi connectivity index (χ0) is 18.3. The molecule has 0 spiro atoms. The summed E-state index contributed by atoms with van der Waals surface area (Å²) in [5.41, 5.74) is 6.78. The van der Waals surface area contributed by atoms with Crippen LogP contribution in [0.15, 0.2) is 36.4 Å². The monoisotopic (exact) mass is 345 g/mol. The predicted molar refractivity (Wildman–Crippen MR) is 94.9 cm³/mol. The lowest BCUT2D eigenvalue weighted by Gasteiger charge is -2.10. The van der Waals surface area contributed by atoms with E-state index in [0.717, 1.165) is 33.6 Å². The van der Waals surface area contributed by atoms with Crippen molar-refractivity contribution >= 4 is 5.97 Å². The first kappa shape index (κ1) is 15.9. The van der Waals surface area contributed by atoms with E-state index in [1.807, 2.05) is 24.3 Å². The lowest BCUT2D eigenvalue weighted by molar-refractivity contribution is 0.0597. The minimum Gasteiger partial charge on any atom is -0.496 e. The van der Waals surface area contributed by atoms with Crippen molar-refractivity contribution in [1.29, 1.82) is 5.26 Å². The summed E-state index contributed by atoms with van der Waals surface area (Å²) < 4.78 is 10.2. The van der Waals surface area contributed by atoms with Crippen LogP contribution in [0.25, 0.3) is 22.5 Å². The maximum atomic E-state index is 12.0. The van der Waals surface area contributed by atoms with E-state index in [2.05, 4.69) is 16.3 Å². The number of carbonyl (C=O) groups is 1. The van der Waals surface area contributed by atoms with Crippen LogP contribution in [-0.2, 0) is 11.2 Å². The molecule has 0 fully saturated rings. The van der Waals surface area contributed by atoms with Gasteiger partial charge in [0.2, 0.25) is 0 Å². The summed E-state index contributed by atoms with van der Waals surface area (Å²) in [4.78, 5) is 12.0. The highest BCUT2D eigenvalue weighted by Gasteiger charge is 2.28. The third kappa shape index (κ3) is 2.33. The van der Waals surface area contributed by atoms with E-state index in [4.69, 9.17) is 14.7 Å². The fourth-order valence-corrected chi connectivity index (χ4v) is 3.33.